The van der Waals surface area contributed by atoms with Crippen molar-refractivity contribution in [2.24, 2.45) is 5.16 Å². The Morgan fingerprint density at radius 3 is 3.21 bits per heavy atom. The van der Waals surface area contributed by atoms with Crippen molar-refractivity contribution in [2.45, 2.75) is 26.2 Å². The zero-order chi connectivity index (χ0) is 10.2. The summed E-state index contributed by atoms with van der Waals surface area (Å²) in [6, 6.07) is 0. The van der Waals surface area contributed by atoms with Crippen LogP contribution >= 0.6 is 0 Å². The van der Waals surface area contributed by atoms with Gasteiger partial charge in [0.15, 0.2) is 0 Å². The Morgan fingerprint density at radius 1 is 1.64 bits per heavy atom. The van der Waals surface area contributed by atoms with Crippen LogP contribution in [0.5, 0.6) is 0 Å². The van der Waals surface area contributed by atoms with Gasteiger partial charge < -0.3 is 4.84 Å². The molecule has 3 nitrogen and oxygen atoms in total. The van der Waals surface area contributed by atoms with E-state index in [2.05, 4.69) is 27.9 Å². The summed E-state index contributed by atoms with van der Waals surface area (Å²) < 4.78 is 0. The van der Waals surface area contributed by atoms with Gasteiger partial charge in [-0.15, -0.1) is 0 Å². The van der Waals surface area contributed by atoms with Gasteiger partial charge in [-0.3, -0.25) is 4.90 Å². The molecule has 0 amide bonds. The van der Waals surface area contributed by atoms with Crippen LogP contribution in [0.4, 0.5) is 0 Å². The van der Waals surface area contributed by atoms with E-state index < -0.39 is 0 Å². The zero-order valence-corrected chi connectivity index (χ0v) is 9.20. The van der Waals surface area contributed by atoms with Gasteiger partial charge in [-0.25, -0.2) is 0 Å². The van der Waals surface area contributed by atoms with Crippen molar-refractivity contribution in [1.82, 2.24) is 4.90 Å². The highest BCUT2D eigenvalue weighted by molar-refractivity contribution is 5.78. The minimum absolute atomic E-state index is 1.02. The summed E-state index contributed by atoms with van der Waals surface area (Å²) in [5.41, 5.74) is 1.27. The number of hydrogen-bond acceptors (Lipinski definition) is 3. The van der Waals surface area contributed by atoms with Crippen molar-refractivity contribution in [3.05, 3.63) is 11.6 Å². The third-order valence-electron chi connectivity index (χ3n) is 2.41. The van der Waals surface area contributed by atoms with Crippen LogP contribution in [0.1, 0.15) is 26.2 Å². The van der Waals surface area contributed by atoms with E-state index in [1.54, 1.807) is 7.11 Å². The molecule has 0 bridgehead atoms. The van der Waals surface area contributed by atoms with Crippen LogP contribution < -0.4 is 0 Å². The summed E-state index contributed by atoms with van der Waals surface area (Å²) in [4.78, 5) is 7.14. The maximum atomic E-state index is 4.67. The first-order valence-electron chi connectivity index (χ1n) is 5.34. The van der Waals surface area contributed by atoms with Crippen molar-refractivity contribution in [1.29, 1.82) is 0 Å². The van der Waals surface area contributed by atoms with Crippen molar-refractivity contribution >= 4 is 6.21 Å². The highest BCUT2D eigenvalue weighted by Gasteiger charge is 2.10. The number of rotatable bonds is 5. The number of hydrogen-bond donors (Lipinski definition) is 0. The van der Waals surface area contributed by atoms with E-state index in [1.165, 1.54) is 31.5 Å². The molecule has 1 aliphatic rings. The van der Waals surface area contributed by atoms with E-state index in [4.69, 9.17) is 0 Å². The molecule has 0 unspecified atom stereocenters. The van der Waals surface area contributed by atoms with Gasteiger partial charge in [-0.1, -0.05) is 24.6 Å². The van der Waals surface area contributed by atoms with Gasteiger partial charge in [-0.05, 0) is 25.0 Å². The summed E-state index contributed by atoms with van der Waals surface area (Å²) in [7, 11) is 1.58. The van der Waals surface area contributed by atoms with Crippen LogP contribution in [0.3, 0.4) is 0 Å². The maximum Gasteiger partial charge on any atom is 0.106 e. The smallest absolute Gasteiger partial charge is 0.106 e. The Bertz CT molecular complexity index is 211. The van der Waals surface area contributed by atoms with Crippen LogP contribution in [0.2, 0.25) is 0 Å². The molecule has 1 rings (SSSR count). The summed E-state index contributed by atoms with van der Waals surface area (Å²) in [5.74, 6) is 0. The van der Waals surface area contributed by atoms with Crippen LogP contribution in [0.25, 0.3) is 0 Å². The SMILES string of the molecule is CCCCN1CCC=C(/C=N/OC)C1. The minimum atomic E-state index is 1.02. The Kier molecular flexibility index (Phi) is 5.30. The molecule has 80 valence electrons. The second-order valence-corrected chi connectivity index (χ2v) is 3.61. The Morgan fingerprint density at radius 2 is 2.50 bits per heavy atom. The third kappa shape index (κ3) is 3.92. The van der Waals surface area contributed by atoms with Gasteiger partial charge in [0.1, 0.15) is 7.11 Å². The normalized spacial score (nSPS) is 18.6. The van der Waals surface area contributed by atoms with Crippen LogP contribution in [0, 0.1) is 0 Å². The fourth-order valence-corrected chi connectivity index (χ4v) is 1.62. The van der Waals surface area contributed by atoms with Gasteiger partial charge in [0.25, 0.3) is 0 Å². The lowest BCUT2D eigenvalue weighted by atomic mass is 10.1. The first-order valence-corrected chi connectivity index (χ1v) is 5.34. The third-order valence-corrected chi connectivity index (χ3v) is 2.41. The van der Waals surface area contributed by atoms with Crippen molar-refractivity contribution in [3.8, 4) is 0 Å². The molecule has 0 N–H and O–H groups in total. The molecule has 1 heterocycles. The predicted molar refractivity (Wildman–Crippen MR) is 59.5 cm³/mol. The van der Waals surface area contributed by atoms with Crippen LogP contribution in [-0.2, 0) is 4.84 Å². The summed E-state index contributed by atoms with van der Waals surface area (Å²) >= 11 is 0. The standard InChI is InChI=1S/C11H20N2O/c1-3-4-7-13-8-5-6-11(10-13)9-12-14-2/h6,9H,3-5,7-8,10H2,1-2H3/b12-9+. The van der Waals surface area contributed by atoms with Crippen molar-refractivity contribution in [3.63, 3.8) is 0 Å². The van der Waals surface area contributed by atoms with Crippen molar-refractivity contribution in [2.75, 3.05) is 26.7 Å². The molecule has 0 radical (unpaired) electrons. The number of nitrogens with zero attached hydrogens (tertiary/aromatic N) is 2. The van der Waals surface area contributed by atoms with Gasteiger partial charge in [0.05, 0.1) is 6.21 Å². The molecule has 0 aliphatic carbocycles. The van der Waals surface area contributed by atoms with Gasteiger partial charge in [-0.2, -0.15) is 0 Å². The van der Waals surface area contributed by atoms with Gasteiger partial charge >= 0.3 is 0 Å². The molecule has 3 heteroatoms. The summed E-state index contributed by atoms with van der Waals surface area (Å²) in [6.07, 6.45) is 7.74. The van der Waals surface area contributed by atoms with E-state index >= 15 is 0 Å². The summed E-state index contributed by atoms with van der Waals surface area (Å²) in [6.45, 7) is 5.64. The van der Waals surface area contributed by atoms with E-state index in [-0.39, 0.29) is 0 Å². The fourth-order valence-electron chi connectivity index (χ4n) is 1.62. The Labute approximate surface area is 86.4 Å². The zero-order valence-electron chi connectivity index (χ0n) is 9.20. The van der Waals surface area contributed by atoms with Crippen LogP contribution in [0.15, 0.2) is 16.8 Å². The van der Waals surface area contributed by atoms with Crippen molar-refractivity contribution < 1.29 is 4.84 Å². The van der Waals surface area contributed by atoms with E-state index in [0.717, 1.165) is 13.0 Å². The molecule has 0 aromatic rings. The lowest BCUT2D eigenvalue weighted by Gasteiger charge is -2.25. The molecule has 0 aromatic heterocycles. The molecule has 0 saturated heterocycles. The largest absolute Gasteiger partial charge is 0.399 e. The van der Waals surface area contributed by atoms with Gasteiger partial charge in [0.2, 0.25) is 0 Å². The Hall–Kier alpha value is -0.830. The lowest BCUT2D eigenvalue weighted by Crippen LogP contribution is -2.31. The topological polar surface area (TPSA) is 24.8 Å². The summed E-state index contributed by atoms with van der Waals surface area (Å²) in [5, 5.41) is 3.79. The molecule has 14 heavy (non-hydrogen) atoms. The lowest BCUT2D eigenvalue weighted by molar-refractivity contribution is 0.214. The quantitative estimate of drug-likeness (QED) is 0.496. The molecule has 0 atom stereocenters. The average Bonchev–Trinajstić information content (AvgIpc) is 2.24. The first kappa shape index (κ1) is 11.2. The molecular weight excluding hydrogens is 176 g/mol. The molecule has 0 aromatic carbocycles. The Balaban J connectivity index is 2.33. The van der Waals surface area contributed by atoms with E-state index in [9.17, 15) is 0 Å². The first-order chi connectivity index (χ1) is 6.86. The van der Waals surface area contributed by atoms with E-state index in [0.29, 0.717) is 0 Å². The van der Waals surface area contributed by atoms with Gasteiger partial charge in [0, 0.05) is 13.1 Å². The number of unbranched alkanes of at least 4 members (excludes halogenated alkanes) is 1. The highest BCUT2D eigenvalue weighted by Crippen LogP contribution is 2.08. The highest BCUT2D eigenvalue weighted by atomic mass is 16.6. The molecule has 0 fully saturated rings. The second-order valence-electron chi connectivity index (χ2n) is 3.61. The second kappa shape index (κ2) is 6.60. The number of oxime groups is 1. The van der Waals surface area contributed by atoms with Crippen LogP contribution in [-0.4, -0.2) is 37.9 Å². The monoisotopic (exact) mass is 196 g/mol. The predicted octanol–water partition coefficient (Wildman–Crippen LogP) is 2.05. The molecule has 0 saturated carbocycles. The average molecular weight is 196 g/mol. The van der Waals surface area contributed by atoms with E-state index in [1.807, 2.05) is 6.21 Å². The molecule has 1 aliphatic heterocycles. The molecular formula is C11H20N2O. The molecule has 0 spiro atoms. The minimum Gasteiger partial charge on any atom is -0.399 e. The maximum absolute atomic E-state index is 4.67. The fraction of sp³-hybridized carbons (Fsp3) is 0.727.